The van der Waals surface area contributed by atoms with E-state index in [0.717, 1.165) is 6.07 Å². The fourth-order valence-corrected chi connectivity index (χ4v) is 3.05. The Morgan fingerprint density at radius 3 is 2.67 bits per heavy atom. The van der Waals surface area contributed by atoms with Crippen LogP contribution in [-0.2, 0) is 14.8 Å². The number of ether oxygens (including phenoxy) is 1. The monoisotopic (exact) mass is 317 g/mol. The SMILES string of the molecule is CC1(C)CN(c2ccc(S(N)(=O)=O)cc2F)CC(CN)O1. The first-order valence-electron chi connectivity index (χ1n) is 6.57. The third kappa shape index (κ3) is 3.70. The third-order valence-corrected chi connectivity index (χ3v) is 4.24. The van der Waals surface area contributed by atoms with E-state index >= 15 is 0 Å². The predicted molar refractivity (Wildman–Crippen MR) is 78.0 cm³/mol. The quantitative estimate of drug-likeness (QED) is 0.841. The van der Waals surface area contributed by atoms with Crippen LogP contribution in [0.4, 0.5) is 10.1 Å². The van der Waals surface area contributed by atoms with Crippen LogP contribution in [-0.4, -0.2) is 39.8 Å². The summed E-state index contributed by atoms with van der Waals surface area (Å²) in [5.41, 5.74) is 5.49. The van der Waals surface area contributed by atoms with Crippen LogP contribution in [0.3, 0.4) is 0 Å². The minimum atomic E-state index is -3.91. The number of anilines is 1. The first-order valence-corrected chi connectivity index (χ1v) is 8.12. The molecular weight excluding hydrogens is 297 g/mol. The van der Waals surface area contributed by atoms with Gasteiger partial charge in [0.05, 0.1) is 22.3 Å². The van der Waals surface area contributed by atoms with Crippen molar-refractivity contribution < 1.29 is 17.5 Å². The van der Waals surface area contributed by atoms with Crippen LogP contribution in [0, 0.1) is 5.82 Å². The van der Waals surface area contributed by atoms with E-state index in [-0.39, 0.29) is 11.0 Å². The molecule has 8 heteroatoms. The third-order valence-electron chi connectivity index (χ3n) is 3.33. The second-order valence-electron chi connectivity index (χ2n) is 5.77. The van der Waals surface area contributed by atoms with Crippen LogP contribution in [0.1, 0.15) is 13.8 Å². The Labute approximate surface area is 123 Å². The van der Waals surface area contributed by atoms with Crippen LogP contribution < -0.4 is 15.8 Å². The molecule has 6 nitrogen and oxygen atoms in total. The summed E-state index contributed by atoms with van der Waals surface area (Å²) in [6, 6.07) is 3.66. The Bertz CT molecular complexity index is 634. The van der Waals surface area contributed by atoms with Crippen molar-refractivity contribution in [2.75, 3.05) is 24.5 Å². The van der Waals surface area contributed by atoms with Crippen LogP contribution in [0.15, 0.2) is 23.1 Å². The normalized spacial score (nSPS) is 22.3. The van der Waals surface area contributed by atoms with Crippen LogP contribution in [0.25, 0.3) is 0 Å². The van der Waals surface area contributed by atoms with Crippen molar-refractivity contribution >= 4 is 15.7 Å². The average molecular weight is 317 g/mol. The smallest absolute Gasteiger partial charge is 0.238 e. The first-order chi connectivity index (χ1) is 9.62. The molecule has 1 aromatic carbocycles. The van der Waals surface area contributed by atoms with E-state index in [0.29, 0.717) is 25.3 Å². The van der Waals surface area contributed by atoms with Crippen molar-refractivity contribution in [2.24, 2.45) is 10.9 Å². The molecule has 0 amide bonds. The highest BCUT2D eigenvalue weighted by molar-refractivity contribution is 7.89. The zero-order chi connectivity index (χ0) is 15.8. The maximum atomic E-state index is 14.2. The van der Waals surface area contributed by atoms with E-state index in [2.05, 4.69) is 0 Å². The second-order valence-corrected chi connectivity index (χ2v) is 7.34. The van der Waals surface area contributed by atoms with Gasteiger partial charge in [-0.05, 0) is 32.0 Å². The van der Waals surface area contributed by atoms with Crippen LogP contribution >= 0.6 is 0 Å². The first kappa shape index (κ1) is 16.2. The molecule has 1 aliphatic rings. The van der Waals surface area contributed by atoms with Crippen molar-refractivity contribution in [3.8, 4) is 0 Å². The van der Waals surface area contributed by atoms with Crippen LogP contribution in [0.5, 0.6) is 0 Å². The van der Waals surface area contributed by atoms with Crippen molar-refractivity contribution in [1.82, 2.24) is 0 Å². The molecule has 4 N–H and O–H groups in total. The van der Waals surface area contributed by atoms with Gasteiger partial charge < -0.3 is 15.4 Å². The molecule has 2 rings (SSSR count). The number of nitrogens with zero attached hydrogens (tertiary/aromatic N) is 1. The van der Waals surface area contributed by atoms with Crippen molar-refractivity contribution in [2.45, 2.75) is 30.4 Å². The topological polar surface area (TPSA) is 98.7 Å². The molecule has 0 saturated carbocycles. The lowest BCUT2D eigenvalue weighted by Gasteiger charge is -2.43. The number of benzene rings is 1. The van der Waals surface area contributed by atoms with Gasteiger partial charge in [0.25, 0.3) is 0 Å². The Balaban J connectivity index is 2.33. The molecule has 0 radical (unpaired) electrons. The Morgan fingerprint density at radius 1 is 1.48 bits per heavy atom. The zero-order valence-electron chi connectivity index (χ0n) is 12.0. The molecule has 0 aromatic heterocycles. The summed E-state index contributed by atoms with van der Waals surface area (Å²) < 4.78 is 42.5. The minimum Gasteiger partial charge on any atom is -0.367 e. The maximum Gasteiger partial charge on any atom is 0.238 e. The fraction of sp³-hybridized carbons (Fsp3) is 0.538. The summed E-state index contributed by atoms with van der Waals surface area (Å²) in [5, 5.41) is 5.00. The standard InChI is InChI=1S/C13H20FN3O3S/c1-13(2)8-17(7-9(6-15)20-13)12-4-3-10(5-11(12)14)21(16,18)19/h3-5,9H,6-8,15H2,1-2H3,(H2,16,18,19). The van der Waals surface area contributed by atoms with Gasteiger partial charge in [-0.25, -0.2) is 17.9 Å². The van der Waals surface area contributed by atoms with E-state index in [4.69, 9.17) is 15.6 Å². The molecule has 1 saturated heterocycles. The molecule has 1 aromatic rings. The Hall–Kier alpha value is -1.22. The number of rotatable bonds is 3. The molecule has 1 fully saturated rings. The van der Waals surface area contributed by atoms with Gasteiger partial charge in [0.15, 0.2) is 0 Å². The van der Waals surface area contributed by atoms with E-state index in [1.165, 1.54) is 12.1 Å². The average Bonchev–Trinajstić information content (AvgIpc) is 2.35. The molecule has 118 valence electrons. The maximum absolute atomic E-state index is 14.2. The van der Waals surface area contributed by atoms with E-state index in [1.54, 1.807) is 0 Å². The summed E-state index contributed by atoms with van der Waals surface area (Å²) >= 11 is 0. The molecule has 1 heterocycles. The van der Waals surface area contributed by atoms with Gasteiger partial charge in [-0.3, -0.25) is 0 Å². The number of hydrogen-bond acceptors (Lipinski definition) is 5. The lowest BCUT2D eigenvalue weighted by Crippen LogP contribution is -2.55. The lowest BCUT2D eigenvalue weighted by molar-refractivity contribution is -0.0789. The van der Waals surface area contributed by atoms with Crippen molar-refractivity contribution in [3.05, 3.63) is 24.0 Å². The highest BCUT2D eigenvalue weighted by Gasteiger charge is 2.33. The highest BCUT2D eigenvalue weighted by atomic mass is 32.2. The Kier molecular flexibility index (Phi) is 4.25. The van der Waals surface area contributed by atoms with E-state index < -0.39 is 21.4 Å². The number of halogens is 1. The summed E-state index contributed by atoms with van der Waals surface area (Å²) in [7, 11) is -3.91. The van der Waals surface area contributed by atoms with Gasteiger partial charge in [0, 0.05) is 19.6 Å². The van der Waals surface area contributed by atoms with E-state index in [9.17, 15) is 12.8 Å². The molecule has 1 atom stereocenters. The number of morpholine rings is 1. The number of hydrogen-bond donors (Lipinski definition) is 2. The number of sulfonamides is 1. The molecule has 1 aliphatic heterocycles. The fourth-order valence-electron chi connectivity index (χ4n) is 2.52. The minimum absolute atomic E-state index is 0.203. The number of primary sulfonamides is 1. The summed E-state index contributed by atoms with van der Waals surface area (Å²) in [6.07, 6.45) is -0.203. The van der Waals surface area contributed by atoms with Gasteiger partial charge in [0.2, 0.25) is 10.0 Å². The largest absolute Gasteiger partial charge is 0.367 e. The lowest BCUT2D eigenvalue weighted by atomic mass is 10.0. The molecule has 0 spiro atoms. The predicted octanol–water partition coefficient (Wildman–Crippen LogP) is 0.416. The number of nitrogens with two attached hydrogens (primary N) is 2. The molecular formula is C13H20FN3O3S. The second kappa shape index (κ2) is 5.53. The summed E-state index contributed by atoms with van der Waals surface area (Å²) in [6.45, 7) is 5.06. The molecule has 0 bridgehead atoms. The van der Waals surface area contributed by atoms with Crippen molar-refractivity contribution in [1.29, 1.82) is 0 Å². The molecule has 0 aliphatic carbocycles. The van der Waals surface area contributed by atoms with E-state index in [1.807, 2.05) is 18.7 Å². The molecule has 1 unspecified atom stereocenters. The van der Waals surface area contributed by atoms with Gasteiger partial charge >= 0.3 is 0 Å². The van der Waals surface area contributed by atoms with Gasteiger partial charge in [-0.1, -0.05) is 0 Å². The Morgan fingerprint density at radius 2 is 2.14 bits per heavy atom. The van der Waals surface area contributed by atoms with Crippen molar-refractivity contribution in [3.63, 3.8) is 0 Å². The van der Waals surface area contributed by atoms with Gasteiger partial charge in [-0.2, -0.15) is 0 Å². The van der Waals surface area contributed by atoms with Crippen LogP contribution in [0.2, 0.25) is 0 Å². The summed E-state index contributed by atoms with van der Waals surface area (Å²) in [4.78, 5) is 1.56. The van der Waals surface area contributed by atoms with Gasteiger partial charge in [0.1, 0.15) is 5.82 Å². The van der Waals surface area contributed by atoms with Gasteiger partial charge in [-0.15, -0.1) is 0 Å². The highest BCUT2D eigenvalue weighted by Crippen LogP contribution is 2.28. The zero-order valence-corrected chi connectivity index (χ0v) is 12.9. The molecule has 21 heavy (non-hydrogen) atoms. The summed E-state index contributed by atoms with van der Waals surface area (Å²) in [5.74, 6) is -0.630.